The monoisotopic (exact) mass is 247 g/mol. The lowest BCUT2D eigenvalue weighted by atomic mass is 10.1. The minimum Gasteiger partial charge on any atom is -0.374 e. The molecule has 0 aromatic carbocycles. The third-order valence-electron chi connectivity index (χ3n) is 2.01. The smallest absolute Gasteiger partial charge is 0.374 e. The van der Waals surface area contributed by atoms with E-state index in [4.69, 9.17) is 4.55 Å². The SMILES string of the molecule is C=CC1=CN(C)C(C)C=C1.COS(=O)(=O)O. The van der Waals surface area contributed by atoms with E-state index in [0.717, 1.165) is 7.11 Å². The highest BCUT2D eigenvalue weighted by atomic mass is 32.3. The summed E-state index contributed by atoms with van der Waals surface area (Å²) >= 11 is 0. The third kappa shape index (κ3) is 6.39. The highest BCUT2D eigenvalue weighted by Crippen LogP contribution is 2.11. The molecule has 1 aliphatic rings. The molecule has 0 aromatic heterocycles. The maximum Gasteiger partial charge on any atom is 0.397 e. The van der Waals surface area contributed by atoms with Gasteiger partial charge in [-0.05, 0) is 12.5 Å². The van der Waals surface area contributed by atoms with E-state index in [1.807, 2.05) is 6.08 Å². The van der Waals surface area contributed by atoms with Crippen molar-refractivity contribution < 1.29 is 17.2 Å². The normalized spacial score (nSPS) is 19.6. The quantitative estimate of drug-likeness (QED) is 0.747. The molecule has 0 saturated carbocycles. The van der Waals surface area contributed by atoms with Gasteiger partial charge in [0.15, 0.2) is 0 Å². The molecule has 0 radical (unpaired) electrons. The van der Waals surface area contributed by atoms with E-state index in [1.165, 1.54) is 5.57 Å². The summed E-state index contributed by atoms with van der Waals surface area (Å²) in [5.74, 6) is 0. The van der Waals surface area contributed by atoms with Crippen LogP contribution in [0.4, 0.5) is 0 Å². The Morgan fingerprint density at radius 3 is 2.44 bits per heavy atom. The number of rotatable bonds is 2. The first-order valence-corrected chi connectivity index (χ1v) is 5.94. The van der Waals surface area contributed by atoms with Crippen molar-refractivity contribution in [3.8, 4) is 0 Å². The van der Waals surface area contributed by atoms with Crippen LogP contribution in [-0.4, -0.2) is 38.1 Å². The Kier molecular flexibility index (Phi) is 6.02. The summed E-state index contributed by atoms with van der Waals surface area (Å²) in [5.41, 5.74) is 1.18. The predicted molar refractivity (Wildman–Crippen MR) is 63.2 cm³/mol. The van der Waals surface area contributed by atoms with Crippen LogP contribution in [0.5, 0.6) is 0 Å². The number of hydrogen-bond donors (Lipinski definition) is 1. The minimum atomic E-state index is -4.16. The number of hydrogen-bond acceptors (Lipinski definition) is 4. The summed E-state index contributed by atoms with van der Waals surface area (Å²) in [7, 11) is -1.22. The van der Waals surface area contributed by atoms with E-state index < -0.39 is 10.4 Å². The lowest BCUT2D eigenvalue weighted by Crippen LogP contribution is -2.23. The third-order valence-corrected chi connectivity index (χ3v) is 2.43. The summed E-state index contributed by atoms with van der Waals surface area (Å²) < 4.78 is 29.7. The molecule has 1 N–H and O–H groups in total. The molecule has 1 unspecified atom stereocenters. The van der Waals surface area contributed by atoms with Gasteiger partial charge in [-0.25, -0.2) is 0 Å². The molecule has 0 spiro atoms. The zero-order chi connectivity index (χ0) is 12.8. The molecule has 1 rings (SSSR count). The Hall–Kier alpha value is -1.11. The second-order valence-corrected chi connectivity index (χ2v) is 4.38. The van der Waals surface area contributed by atoms with Crippen LogP contribution in [0.3, 0.4) is 0 Å². The van der Waals surface area contributed by atoms with Crippen molar-refractivity contribution in [3.05, 3.63) is 36.6 Å². The zero-order valence-corrected chi connectivity index (χ0v) is 10.4. The molecule has 0 aromatic rings. The number of allylic oxidation sites excluding steroid dienone is 3. The van der Waals surface area contributed by atoms with Gasteiger partial charge in [-0.3, -0.25) is 8.74 Å². The molecule has 1 aliphatic heterocycles. The predicted octanol–water partition coefficient (Wildman–Crippen LogP) is 1.38. The Balaban J connectivity index is 0.000000325. The summed E-state index contributed by atoms with van der Waals surface area (Å²) in [6, 6.07) is 0.517. The van der Waals surface area contributed by atoms with E-state index in [-0.39, 0.29) is 0 Å². The van der Waals surface area contributed by atoms with E-state index in [2.05, 4.69) is 48.0 Å². The standard InChI is InChI=1S/C9H13N.CH4O4S/c1-4-9-6-5-8(2)10(3)7-9;1-5-6(2,3)4/h4-8H,1H2,2-3H3;1H3,(H,2,3,4). The van der Waals surface area contributed by atoms with Gasteiger partial charge in [0.05, 0.1) is 7.11 Å². The first-order chi connectivity index (χ1) is 7.30. The molecule has 5 nitrogen and oxygen atoms in total. The molecule has 0 aliphatic carbocycles. The lowest BCUT2D eigenvalue weighted by molar-refractivity contribution is 0.324. The molecule has 0 saturated heterocycles. The fourth-order valence-electron chi connectivity index (χ4n) is 0.903. The summed E-state index contributed by atoms with van der Waals surface area (Å²) in [6.07, 6.45) is 8.21. The maximum atomic E-state index is 9.33. The molecule has 6 heteroatoms. The van der Waals surface area contributed by atoms with Crippen LogP contribution < -0.4 is 0 Å². The molecule has 1 atom stereocenters. The van der Waals surface area contributed by atoms with E-state index in [9.17, 15) is 8.42 Å². The Bertz CT molecular complexity index is 384. The molecular formula is C10H17NO4S. The number of likely N-dealkylation sites (N-methyl/N-ethyl adjacent to an activating group) is 1. The molecular weight excluding hydrogens is 230 g/mol. The van der Waals surface area contributed by atoms with Gasteiger partial charge in [0.2, 0.25) is 0 Å². The van der Waals surface area contributed by atoms with Crippen molar-refractivity contribution in [2.45, 2.75) is 13.0 Å². The Morgan fingerprint density at radius 1 is 1.62 bits per heavy atom. The molecule has 1 heterocycles. The van der Waals surface area contributed by atoms with Gasteiger partial charge in [-0.15, -0.1) is 0 Å². The van der Waals surface area contributed by atoms with Gasteiger partial charge in [0.25, 0.3) is 0 Å². The van der Waals surface area contributed by atoms with Crippen LogP contribution in [0.25, 0.3) is 0 Å². The average Bonchev–Trinajstić information content (AvgIpc) is 2.22. The van der Waals surface area contributed by atoms with Crippen LogP contribution in [0.2, 0.25) is 0 Å². The van der Waals surface area contributed by atoms with Crippen molar-refractivity contribution in [2.75, 3.05) is 14.2 Å². The van der Waals surface area contributed by atoms with Gasteiger partial charge in [0.1, 0.15) is 0 Å². The van der Waals surface area contributed by atoms with Crippen LogP contribution in [0, 0.1) is 0 Å². The number of nitrogens with zero attached hydrogens (tertiary/aromatic N) is 1. The topological polar surface area (TPSA) is 66.8 Å². The molecule has 0 bridgehead atoms. The van der Waals surface area contributed by atoms with Crippen molar-refractivity contribution in [2.24, 2.45) is 0 Å². The van der Waals surface area contributed by atoms with Crippen molar-refractivity contribution in [1.82, 2.24) is 4.90 Å². The lowest BCUT2D eigenvalue weighted by Gasteiger charge is -2.23. The van der Waals surface area contributed by atoms with E-state index in [0.29, 0.717) is 6.04 Å². The fraction of sp³-hybridized carbons (Fsp3) is 0.400. The van der Waals surface area contributed by atoms with Gasteiger partial charge in [-0.2, -0.15) is 8.42 Å². The largest absolute Gasteiger partial charge is 0.397 e. The summed E-state index contributed by atoms with van der Waals surface area (Å²) in [5, 5.41) is 0. The van der Waals surface area contributed by atoms with Crippen molar-refractivity contribution in [3.63, 3.8) is 0 Å². The van der Waals surface area contributed by atoms with Crippen LogP contribution in [0.15, 0.2) is 36.6 Å². The van der Waals surface area contributed by atoms with E-state index >= 15 is 0 Å². The van der Waals surface area contributed by atoms with Crippen LogP contribution in [-0.2, 0) is 14.6 Å². The van der Waals surface area contributed by atoms with Crippen molar-refractivity contribution in [1.29, 1.82) is 0 Å². The van der Waals surface area contributed by atoms with Crippen molar-refractivity contribution >= 4 is 10.4 Å². The summed E-state index contributed by atoms with van der Waals surface area (Å²) in [6.45, 7) is 5.86. The minimum absolute atomic E-state index is 0.517. The fourth-order valence-corrected chi connectivity index (χ4v) is 0.903. The first-order valence-electron chi connectivity index (χ1n) is 4.57. The van der Waals surface area contributed by atoms with Gasteiger partial charge >= 0.3 is 10.4 Å². The first kappa shape index (κ1) is 14.9. The van der Waals surface area contributed by atoms with Crippen LogP contribution >= 0.6 is 0 Å². The zero-order valence-electron chi connectivity index (χ0n) is 9.62. The second-order valence-electron chi connectivity index (χ2n) is 3.19. The van der Waals surface area contributed by atoms with Gasteiger partial charge in [0, 0.05) is 19.3 Å². The van der Waals surface area contributed by atoms with E-state index in [1.54, 1.807) is 0 Å². The molecule has 0 fully saturated rings. The molecule has 16 heavy (non-hydrogen) atoms. The second kappa shape index (κ2) is 6.47. The highest BCUT2D eigenvalue weighted by molar-refractivity contribution is 7.80. The van der Waals surface area contributed by atoms with Gasteiger partial charge < -0.3 is 4.90 Å². The molecule has 92 valence electrons. The Labute approximate surface area is 96.7 Å². The Morgan fingerprint density at radius 2 is 2.12 bits per heavy atom. The maximum absolute atomic E-state index is 9.33. The van der Waals surface area contributed by atoms with Crippen LogP contribution in [0.1, 0.15) is 6.92 Å². The van der Waals surface area contributed by atoms with Gasteiger partial charge in [-0.1, -0.05) is 24.8 Å². The summed E-state index contributed by atoms with van der Waals surface area (Å²) in [4.78, 5) is 2.16. The average molecular weight is 247 g/mol. The molecule has 0 amide bonds. The highest BCUT2D eigenvalue weighted by Gasteiger charge is 2.05.